The first kappa shape index (κ1) is 15.7. The lowest BCUT2D eigenvalue weighted by molar-refractivity contribution is 0.123. The van der Waals surface area contributed by atoms with Crippen LogP contribution < -0.4 is 0 Å². The van der Waals surface area contributed by atoms with Crippen molar-refractivity contribution in [1.29, 1.82) is 0 Å². The number of nitrogens with zero attached hydrogens (tertiary/aromatic N) is 2. The third kappa shape index (κ3) is 4.70. The van der Waals surface area contributed by atoms with Gasteiger partial charge in [-0.25, -0.2) is 4.39 Å². The number of hydrogen-bond donors (Lipinski definition) is 1. The Labute approximate surface area is 124 Å². The Hall–Kier alpha value is -0.680. The lowest BCUT2D eigenvalue weighted by atomic mass is 10.2. The largest absolute Gasteiger partial charge is 0.396 e. The third-order valence-electron chi connectivity index (χ3n) is 3.75. The molecule has 3 nitrogen and oxygen atoms in total. The van der Waals surface area contributed by atoms with Crippen molar-refractivity contribution in [3.05, 3.63) is 34.6 Å². The van der Waals surface area contributed by atoms with Gasteiger partial charge in [0.25, 0.3) is 0 Å². The van der Waals surface area contributed by atoms with Gasteiger partial charge in [0.1, 0.15) is 5.82 Å². The maximum Gasteiger partial charge on any atom is 0.127 e. The summed E-state index contributed by atoms with van der Waals surface area (Å²) in [6.45, 7) is 5.85. The lowest BCUT2D eigenvalue weighted by Gasteiger charge is -2.34. The van der Waals surface area contributed by atoms with Gasteiger partial charge in [-0.05, 0) is 37.6 Å². The molecule has 1 heterocycles. The molecule has 0 radical (unpaired) electrons. The molecule has 1 aromatic rings. The molecule has 1 N–H and O–H groups in total. The SMILES string of the molecule is OCCCCN1CCN(Cc2cc(Cl)ccc2F)CC1. The van der Waals surface area contributed by atoms with Crippen LogP contribution in [0.4, 0.5) is 4.39 Å². The van der Waals surface area contributed by atoms with Crippen LogP contribution in [0.25, 0.3) is 0 Å². The number of rotatable bonds is 6. The molecule has 5 heteroatoms. The summed E-state index contributed by atoms with van der Waals surface area (Å²) in [5.41, 5.74) is 0.672. The number of halogens is 2. The molecule has 1 aromatic carbocycles. The smallest absolute Gasteiger partial charge is 0.127 e. The molecule has 1 saturated heterocycles. The molecule has 2 rings (SSSR count). The van der Waals surface area contributed by atoms with E-state index < -0.39 is 0 Å². The molecule has 1 aliphatic heterocycles. The highest BCUT2D eigenvalue weighted by atomic mass is 35.5. The van der Waals surface area contributed by atoms with Crippen LogP contribution in [0.15, 0.2) is 18.2 Å². The van der Waals surface area contributed by atoms with Crippen molar-refractivity contribution in [2.24, 2.45) is 0 Å². The minimum atomic E-state index is -0.181. The second kappa shape index (κ2) is 7.93. The normalized spacial score (nSPS) is 17.6. The Bertz CT molecular complexity index is 422. The molecule has 0 atom stereocenters. The van der Waals surface area contributed by atoms with Crippen LogP contribution in [0.5, 0.6) is 0 Å². The molecule has 0 aromatic heterocycles. The van der Waals surface area contributed by atoms with E-state index in [4.69, 9.17) is 16.7 Å². The molecule has 0 saturated carbocycles. The summed E-state index contributed by atoms with van der Waals surface area (Å²) in [6.07, 6.45) is 1.91. The summed E-state index contributed by atoms with van der Waals surface area (Å²) >= 11 is 5.91. The lowest BCUT2D eigenvalue weighted by Crippen LogP contribution is -2.46. The van der Waals surface area contributed by atoms with Crippen LogP contribution in [0, 0.1) is 5.82 Å². The van der Waals surface area contributed by atoms with Gasteiger partial charge < -0.3 is 10.0 Å². The van der Waals surface area contributed by atoms with Crippen LogP contribution in [-0.4, -0.2) is 54.2 Å². The highest BCUT2D eigenvalue weighted by Gasteiger charge is 2.17. The Kier molecular flexibility index (Phi) is 6.23. The van der Waals surface area contributed by atoms with Crippen molar-refractivity contribution >= 4 is 11.6 Å². The van der Waals surface area contributed by atoms with Crippen LogP contribution >= 0.6 is 11.6 Å². The summed E-state index contributed by atoms with van der Waals surface area (Å²) in [4.78, 5) is 4.66. The Morgan fingerprint density at radius 2 is 1.80 bits per heavy atom. The fraction of sp³-hybridized carbons (Fsp3) is 0.600. The maximum atomic E-state index is 13.7. The second-order valence-electron chi connectivity index (χ2n) is 5.28. The predicted octanol–water partition coefficient (Wildman–Crippen LogP) is 2.37. The maximum absolute atomic E-state index is 13.7. The zero-order valence-electron chi connectivity index (χ0n) is 11.7. The fourth-order valence-electron chi connectivity index (χ4n) is 2.52. The van der Waals surface area contributed by atoms with Gasteiger partial charge in [-0.15, -0.1) is 0 Å². The zero-order chi connectivity index (χ0) is 14.4. The Balaban J connectivity index is 1.78. The van der Waals surface area contributed by atoms with Crippen molar-refractivity contribution < 1.29 is 9.50 Å². The molecule has 0 spiro atoms. The summed E-state index contributed by atoms with van der Waals surface area (Å²) in [6, 6.07) is 4.73. The van der Waals surface area contributed by atoms with E-state index in [-0.39, 0.29) is 12.4 Å². The third-order valence-corrected chi connectivity index (χ3v) is 3.98. The summed E-state index contributed by atoms with van der Waals surface area (Å²) in [7, 11) is 0. The van der Waals surface area contributed by atoms with Gasteiger partial charge in [-0.1, -0.05) is 11.6 Å². The average molecular weight is 301 g/mol. The molecular weight excluding hydrogens is 279 g/mol. The quantitative estimate of drug-likeness (QED) is 0.817. The van der Waals surface area contributed by atoms with Gasteiger partial charge in [0.15, 0.2) is 0 Å². The number of piperazine rings is 1. The summed E-state index contributed by atoms with van der Waals surface area (Å²) in [5, 5.41) is 9.36. The molecule has 0 unspecified atom stereocenters. The standard InChI is InChI=1S/C15H22ClFN2O/c16-14-3-4-15(17)13(11-14)12-19-8-6-18(7-9-19)5-1-2-10-20/h3-4,11,20H,1-2,5-10,12H2. The first-order valence-corrected chi connectivity index (χ1v) is 7.56. The van der Waals surface area contributed by atoms with Gasteiger partial charge in [-0.3, -0.25) is 4.90 Å². The summed E-state index contributed by atoms with van der Waals surface area (Å²) in [5.74, 6) is -0.181. The Morgan fingerprint density at radius 3 is 2.50 bits per heavy atom. The highest BCUT2D eigenvalue weighted by Crippen LogP contribution is 2.17. The molecule has 0 bridgehead atoms. The molecule has 112 valence electrons. The van der Waals surface area contributed by atoms with Crippen LogP contribution in [0.1, 0.15) is 18.4 Å². The van der Waals surface area contributed by atoms with Crippen LogP contribution in [0.2, 0.25) is 5.02 Å². The van der Waals surface area contributed by atoms with Crippen molar-refractivity contribution in [1.82, 2.24) is 9.80 Å². The van der Waals surface area contributed by atoms with E-state index in [1.807, 2.05) is 0 Å². The zero-order valence-corrected chi connectivity index (χ0v) is 12.4. The van der Waals surface area contributed by atoms with Gasteiger partial charge in [0.05, 0.1) is 0 Å². The van der Waals surface area contributed by atoms with E-state index in [1.165, 1.54) is 6.07 Å². The van der Waals surface area contributed by atoms with Crippen molar-refractivity contribution in [3.8, 4) is 0 Å². The van der Waals surface area contributed by atoms with E-state index in [0.717, 1.165) is 45.6 Å². The minimum absolute atomic E-state index is 0.181. The molecule has 20 heavy (non-hydrogen) atoms. The monoisotopic (exact) mass is 300 g/mol. The van der Waals surface area contributed by atoms with E-state index >= 15 is 0 Å². The van der Waals surface area contributed by atoms with Gasteiger partial charge in [-0.2, -0.15) is 0 Å². The fourth-order valence-corrected chi connectivity index (χ4v) is 2.72. The number of hydrogen-bond acceptors (Lipinski definition) is 3. The first-order chi connectivity index (χ1) is 9.69. The van der Waals surface area contributed by atoms with Crippen molar-refractivity contribution in [3.63, 3.8) is 0 Å². The van der Waals surface area contributed by atoms with Gasteiger partial charge in [0, 0.05) is 49.9 Å². The predicted molar refractivity (Wildman–Crippen MR) is 79.4 cm³/mol. The Morgan fingerprint density at radius 1 is 1.10 bits per heavy atom. The molecule has 0 amide bonds. The molecule has 1 aliphatic rings. The van der Waals surface area contributed by atoms with E-state index in [2.05, 4.69) is 9.80 Å². The number of benzene rings is 1. The van der Waals surface area contributed by atoms with E-state index in [9.17, 15) is 4.39 Å². The van der Waals surface area contributed by atoms with Crippen molar-refractivity contribution in [2.75, 3.05) is 39.3 Å². The first-order valence-electron chi connectivity index (χ1n) is 7.18. The molecular formula is C15H22ClFN2O. The van der Waals surface area contributed by atoms with E-state index in [0.29, 0.717) is 17.1 Å². The highest BCUT2D eigenvalue weighted by molar-refractivity contribution is 6.30. The number of aliphatic hydroxyl groups is 1. The molecule has 0 aliphatic carbocycles. The average Bonchev–Trinajstić information content (AvgIpc) is 2.45. The number of aliphatic hydroxyl groups excluding tert-OH is 1. The van der Waals surface area contributed by atoms with Gasteiger partial charge >= 0.3 is 0 Å². The minimum Gasteiger partial charge on any atom is -0.396 e. The topological polar surface area (TPSA) is 26.7 Å². The summed E-state index contributed by atoms with van der Waals surface area (Å²) < 4.78 is 13.7. The number of unbranched alkanes of at least 4 members (excludes halogenated alkanes) is 1. The second-order valence-corrected chi connectivity index (χ2v) is 5.72. The van der Waals surface area contributed by atoms with E-state index in [1.54, 1.807) is 12.1 Å². The van der Waals surface area contributed by atoms with Gasteiger partial charge in [0.2, 0.25) is 0 Å². The van der Waals surface area contributed by atoms with Crippen LogP contribution in [-0.2, 0) is 6.54 Å². The van der Waals surface area contributed by atoms with Crippen molar-refractivity contribution in [2.45, 2.75) is 19.4 Å². The molecule has 1 fully saturated rings. The van der Waals surface area contributed by atoms with Crippen LogP contribution in [0.3, 0.4) is 0 Å².